The molecule has 10 heteroatoms. The van der Waals surface area contributed by atoms with Crippen LogP contribution >= 0.6 is 0 Å². The highest BCUT2D eigenvalue weighted by Gasteiger charge is 2.33. The van der Waals surface area contributed by atoms with Gasteiger partial charge in [0, 0.05) is 6.08 Å². The number of ether oxygens (including phenoxy) is 1. The highest BCUT2D eigenvalue weighted by molar-refractivity contribution is 7.93. The fraction of sp³-hybridized carbons (Fsp3) is 0.348. The van der Waals surface area contributed by atoms with Crippen molar-refractivity contribution in [3.8, 4) is 5.75 Å². The molecule has 1 atom stereocenters. The Labute approximate surface area is 191 Å². The van der Waals surface area contributed by atoms with Crippen molar-refractivity contribution in [2.45, 2.75) is 45.2 Å². The molecule has 2 rings (SSSR count). The van der Waals surface area contributed by atoms with Gasteiger partial charge in [-0.15, -0.1) is 0 Å². The van der Waals surface area contributed by atoms with Gasteiger partial charge in [-0.05, 0) is 47.7 Å². The topological polar surface area (TPSA) is 92.7 Å². The Kier molecular flexibility index (Phi) is 8.54. The zero-order chi connectivity index (χ0) is 24.8. The zero-order valence-corrected chi connectivity index (χ0v) is 19.2. The van der Waals surface area contributed by atoms with Gasteiger partial charge in [0.15, 0.2) is 0 Å². The normalized spacial score (nSPS) is 13.3. The molecule has 6 nitrogen and oxygen atoms in total. The van der Waals surface area contributed by atoms with Crippen molar-refractivity contribution in [3.05, 3.63) is 65.2 Å². The molecule has 0 amide bonds. The van der Waals surface area contributed by atoms with E-state index in [0.717, 1.165) is 24.3 Å². The van der Waals surface area contributed by atoms with Crippen molar-refractivity contribution >= 4 is 27.8 Å². The molecule has 0 aliphatic carbocycles. The summed E-state index contributed by atoms with van der Waals surface area (Å²) in [5.74, 6) is -1.54. The van der Waals surface area contributed by atoms with Crippen LogP contribution in [-0.4, -0.2) is 24.7 Å². The van der Waals surface area contributed by atoms with Gasteiger partial charge in [0.05, 0.1) is 16.5 Å². The van der Waals surface area contributed by atoms with Gasteiger partial charge in [0.2, 0.25) is 10.0 Å². The van der Waals surface area contributed by atoms with E-state index in [9.17, 15) is 26.4 Å². The second kappa shape index (κ2) is 10.7. The average molecular weight is 486 g/mol. The summed E-state index contributed by atoms with van der Waals surface area (Å²) in [5, 5.41) is 7.95. The summed E-state index contributed by atoms with van der Waals surface area (Å²) >= 11 is 0. The van der Waals surface area contributed by atoms with Crippen molar-refractivity contribution in [2.75, 3.05) is 4.72 Å². The Balaban J connectivity index is 2.31. The van der Waals surface area contributed by atoms with Gasteiger partial charge >= 0.3 is 12.1 Å². The minimum absolute atomic E-state index is 0.0805. The third-order valence-electron chi connectivity index (χ3n) is 4.90. The fourth-order valence-corrected chi connectivity index (χ4v) is 5.02. The molecule has 2 aromatic carbocycles. The third-order valence-corrected chi connectivity index (χ3v) is 7.08. The first-order valence-electron chi connectivity index (χ1n) is 10.2. The van der Waals surface area contributed by atoms with Gasteiger partial charge in [-0.1, -0.05) is 45.0 Å². The molecule has 0 fully saturated rings. The van der Waals surface area contributed by atoms with Gasteiger partial charge in [-0.25, -0.2) is 13.2 Å². The number of carbonyl (C=O) groups is 1. The predicted molar refractivity (Wildman–Crippen MR) is 120 cm³/mol. The van der Waals surface area contributed by atoms with Crippen molar-refractivity contribution in [3.63, 3.8) is 0 Å². The molecule has 0 bridgehead atoms. The number of hydrogen-bond acceptors (Lipinski definition) is 4. The van der Waals surface area contributed by atoms with Gasteiger partial charge in [0.1, 0.15) is 12.4 Å². The van der Waals surface area contributed by atoms with Crippen LogP contribution in [0.15, 0.2) is 48.5 Å². The van der Waals surface area contributed by atoms with E-state index < -0.39 is 33.0 Å². The van der Waals surface area contributed by atoms with Crippen molar-refractivity contribution < 1.29 is 36.2 Å². The lowest BCUT2D eigenvalue weighted by atomic mass is 10.1. The number of benzene rings is 2. The first kappa shape index (κ1) is 26.2. The predicted octanol–water partition coefficient (Wildman–Crippen LogP) is 5.56. The van der Waals surface area contributed by atoms with Crippen LogP contribution in [0.1, 0.15) is 43.9 Å². The number of carboxylic acids is 1. The number of halogens is 3. The number of rotatable bonds is 10. The van der Waals surface area contributed by atoms with E-state index in [1.165, 1.54) is 6.08 Å². The van der Waals surface area contributed by atoms with Crippen molar-refractivity contribution in [1.29, 1.82) is 0 Å². The Morgan fingerprint density at radius 2 is 1.79 bits per heavy atom. The quantitative estimate of drug-likeness (QED) is 0.430. The van der Waals surface area contributed by atoms with Crippen LogP contribution in [-0.2, 0) is 27.6 Å². The van der Waals surface area contributed by atoms with Crippen LogP contribution in [0.3, 0.4) is 0 Å². The molecule has 33 heavy (non-hydrogen) atoms. The van der Waals surface area contributed by atoms with Crippen LogP contribution in [0.25, 0.3) is 6.08 Å². The number of carboxylic acid groups (broad SMARTS) is 1. The molecular weight excluding hydrogens is 459 g/mol. The first-order chi connectivity index (χ1) is 15.3. The van der Waals surface area contributed by atoms with Crippen LogP contribution < -0.4 is 9.46 Å². The number of hydrogen-bond donors (Lipinski definition) is 2. The number of aliphatic carboxylic acids is 1. The zero-order valence-electron chi connectivity index (χ0n) is 18.4. The maximum Gasteiger partial charge on any atom is 0.416 e. The Morgan fingerprint density at radius 3 is 2.30 bits per heavy atom. The summed E-state index contributed by atoms with van der Waals surface area (Å²) in [6.45, 7) is 5.11. The van der Waals surface area contributed by atoms with Gasteiger partial charge in [0.25, 0.3) is 0 Å². The average Bonchev–Trinajstić information content (AvgIpc) is 2.71. The number of anilines is 1. The molecule has 0 saturated heterocycles. The lowest BCUT2D eigenvalue weighted by Gasteiger charge is -2.22. The molecule has 0 aliphatic rings. The fourth-order valence-electron chi connectivity index (χ4n) is 3.23. The Bertz CT molecular complexity index is 1090. The molecule has 180 valence electrons. The highest BCUT2D eigenvalue weighted by Crippen LogP contribution is 2.36. The maximum absolute atomic E-state index is 13.2. The lowest BCUT2D eigenvalue weighted by molar-refractivity contribution is -0.137. The smallest absolute Gasteiger partial charge is 0.416 e. The first-order valence-corrected chi connectivity index (χ1v) is 11.7. The van der Waals surface area contributed by atoms with Crippen LogP contribution in [0, 0.1) is 5.92 Å². The molecule has 2 aromatic rings. The number of alkyl halides is 3. The summed E-state index contributed by atoms with van der Waals surface area (Å²) < 4.78 is 73.2. The van der Waals surface area contributed by atoms with E-state index >= 15 is 0 Å². The Hall–Kier alpha value is -3.01. The molecule has 0 radical (unpaired) electrons. The van der Waals surface area contributed by atoms with Crippen molar-refractivity contribution in [2.24, 2.45) is 5.92 Å². The molecule has 0 spiro atoms. The minimum Gasteiger partial charge on any atom is -0.487 e. The summed E-state index contributed by atoms with van der Waals surface area (Å²) in [7, 11) is -3.86. The molecular formula is C23H26F3NO5S. The van der Waals surface area contributed by atoms with E-state index in [1.807, 2.05) is 0 Å². The lowest BCUT2D eigenvalue weighted by Crippen LogP contribution is -2.31. The molecule has 0 aromatic heterocycles. The van der Waals surface area contributed by atoms with E-state index in [-0.39, 0.29) is 24.0 Å². The van der Waals surface area contributed by atoms with Crippen LogP contribution in [0.4, 0.5) is 18.9 Å². The van der Waals surface area contributed by atoms with Crippen LogP contribution in [0.2, 0.25) is 0 Å². The molecule has 0 aliphatic heterocycles. The highest BCUT2D eigenvalue weighted by atomic mass is 32.2. The van der Waals surface area contributed by atoms with Gasteiger partial charge in [-0.2, -0.15) is 13.2 Å². The monoisotopic (exact) mass is 485 g/mol. The second-order valence-corrected chi connectivity index (χ2v) is 9.65. The standard InChI is InChI=1S/C23H26F3NO5S/c1-4-21(15(2)3)33(30,31)27-19-11-10-18(23(24,25)26)13-20(19)32-14-17-7-5-16(6-8-17)9-12-22(28)29/h5-13,15,21,27H,4,14H2,1-3H3,(H,28,29)/b12-9+. The third kappa shape index (κ3) is 7.52. The number of sulfonamides is 1. The summed E-state index contributed by atoms with van der Waals surface area (Å²) in [6, 6.07) is 9.12. The summed E-state index contributed by atoms with van der Waals surface area (Å²) in [5.41, 5.74) is 0.170. The summed E-state index contributed by atoms with van der Waals surface area (Å²) in [4.78, 5) is 10.6. The molecule has 1 unspecified atom stereocenters. The SMILES string of the molecule is CCC(C(C)C)S(=O)(=O)Nc1ccc(C(F)(F)F)cc1OCc1ccc(/C=C/C(=O)O)cc1. The summed E-state index contributed by atoms with van der Waals surface area (Å²) in [6.07, 6.45) is -1.91. The largest absolute Gasteiger partial charge is 0.487 e. The van der Waals surface area contributed by atoms with Crippen molar-refractivity contribution in [1.82, 2.24) is 0 Å². The van der Waals surface area contributed by atoms with E-state index in [1.54, 1.807) is 45.0 Å². The number of nitrogens with one attached hydrogen (secondary N) is 1. The van der Waals surface area contributed by atoms with Crippen LogP contribution in [0.5, 0.6) is 5.75 Å². The molecule has 2 N–H and O–H groups in total. The minimum atomic E-state index is -4.63. The second-order valence-electron chi connectivity index (χ2n) is 7.75. The Morgan fingerprint density at radius 1 is 1.15 bits per heavy atom. The van der Waals surface area contributed by atoms with E-state index in [2.05, 4.69) is 4.72 Å². The maximum atomic E-state index is 13.2. The molecule has 0 heterocycles. The van der Waals surface area contributed by atoms with Gasteiger partial charge in [-0.3, -0.25) is 4.72 Å². The van der Waals surface area contributed by atoms with E-state index in [4.69, 9.17) is 9.84 Å². The van der Waals surface area contributed by atoms with Gasteiger partial charge < -0.3 is 9.84 Å². The molecule has 0 saturated carbocycles. The van der Waals surface area contributed by atoms with E-state index in [0.29, 0.717) is 17.5 Å².